The Hall–Kier alpha value is -2.04. The van der Waals surface area contributed by atoms with Gasteiger partial charge in [0.1, 0.15) is 6.23 Å². The molecule has 0 radical (unpaired) electrons. The Morgan fingerprint density at radius 1 is 0.900 bits per heavy atom. The molecule has 4 rings (SSSR count). The molecule has 0 amide bonds. The number of nitrogens with two attached hydrogens (primary N) is 1. The third kappa shape index (κ3) is 5.16. The highest BCUT2D eigenvalue weighted by Gasteiger charge is 2.33. The maximum Gasteiger partial charge on any atom is 0.137 e. The molecule has 3 aromatic rings. The van der Waals surface area contributed by atoms with Crippen molar-refractivity contribution in [1.29, 1.82) is 0 Å². The van der Waals surface area contributed by atoms with Crippen molar-refractivity contribution in [2.75, 3.05) is 18.8 Å². The lowest BCUT2D eigenvalue weighted by Gasteiger charge is -2.23. The second-order valence-electron chi connectivity index (χ2n) is 7.75. The maximum atomic E-state index is 6.49. The summed E-state index contributed by atoms with van der Waals surface area (Å²) in [5, 5.41) is 1.19. The molecule has 2 unspecified atom stereocenters. The molecule has 0 saturated carbocycles. The van der Waals surface area contributed by atoms with Gasteiger partial charge in [0.05, 0.1) is 16.1 Å². The summed E-state index contributed by atoms with van der Waals surface area (Å²) in [4.78, 5) is 2.41. The molecular weight excluding hydrogens is 415 g/mol. The van der Waals surface area contributed by atoms with Crippen LogP contribution in [-0.2, 0) is 17.6 Å². The van der Waals surface area contributed by atoms with E-state index in [-0.39, 0.29) is 12.3 Å². The zero-order chi connectivity index (χ0) is 20.9. The van der Waals surface area contributed by atoms with Crippen molar-refractivity contribution in [2.45, 2.75) is 31.6 Å². The number of anilines is 1. The average molecular weight is 441 g/mol. The number of ether oxygens (including phenoxy) is 1. The Labute approximate surface area is 188 Å². The fraction of sp³-hybridized carbons (Fsp3) is 0.280. The van der Waals surface area contributed by atoms with Gasteiger partial charge < -0.3 is 10.5 Å². The molecule has 156 valence electrons. The summed E-state index contributed by atoms with van der Waals surface area (Å²) >= 11 is 12.2. The Kier molecular flexibility index (Phi) is 6.96. The predicted octanol–water partition coefficient (Wildman–Crippen LogP) is 6.15. The minimum Gasteiger partial charge on any atom is -0.399 e. The zero-order valence-corrected chi connectivity index (χ0v) is 18.3. The van der Waals surface area contributed by atoms with Crippen LogP contribution in [0, 0.1) is 0 Å². The number of nitrogens with zero attached hydrogens (tertiary/aromatic N) is 1. The largest absolute Gasteiger partial charge is 0.399 e. The van der Waals surface area contributed by atoms with E-state index in [1.165, 1.54) is 16.7 Å². The number of nitrogen functional groups attached to an aromatic ring is 1. The lowest BCUT2D eigenvalue weighted by Crippen LogP contribution is -2.27. The van der Waals surface area contributed by atoms with E-state index in [2.05, 4.69) is 35.2 Å². The quantitative estimate of drug-likeness (QED) is 0.447. The van der Waals surface area contributed by atoms with Crippen LogP contribution < -0.4 is 5.73 Å². The van der Waals surface area contributed by atoms with Crippen molar-refractivity contribution in [3.63, 3.8) is 0 Å². The fourth-order valence-corrected chi connectivity index (χ4v) is 4.31. The molecule has 30 heavy (non-hydrogen) atoms. The van der Waals surface area contributed by atoms with Crippen LogP contribution in [0.1, 0.15) is 29.3 Å². The summed E-state index contributed by atoms with van der Waals surface area (Å²) in [7, 11) is 0. The van der Waals surface area contributed by atoms with Gasteiger partial charge in [-0.1, -0.05) is 77.8 Å². The fourth-order valence-electron chi connectivity index (χ4n) is 3.99. The van der Waals surface area contributed by atoms with Crippen molar-refractivity contribution >= 4 is 28.9 Å². The van der Waals surface area contributed by atoms with Crippen LogP contribution in [-0.4, -0.2) is 24.1 Å². The molecule has 1 heterocycles. The number of benzene rings is 3. The number of hydrogen-bond acceptors (Lipinski definition) is 3. The van der Waals surface area contributed by atoms with E-state index in [1.807, 2.05) is 42.5 Å². The lowest BCUT2D eigenvalue weighted by atomic mass is 10.0. The van der Waals surface area contributed by atoms with Gasteiger partial charge in [0.15, 0.2) is 0 Å². The van der Waals surface area contributed by atoms with E-state index in [0.29, 0.717) is 10.0 Å². The third-order valence-corrected chi connectivity index (χ3v) is 6.38. The average Bonchev–Trinajstić information content (AvgIpc) is 3.18. The van der Waals surface area contributed by atoms with Gasteiger partial charge in [-0.25, -0.2) is 0 Å². The molecule has 2 atom stereocenters. The van der Waals surface area contributed by atoms with Gasteiger partial charge in [-0.3, -0.25) is 4.90 Å². The second kappa shape index (κ2) is 9.84. The van der Waals surface area contributed by atoms with Crippen molar-refractivity contribution in [2.24, 2.45) is 0 Å². The molecule has 5 heteroatoms. The summed E-state index contributed by atoms with van der Waals surface area (Å²) in [6.45, 7) is 1.79. The van der Waals surface area contributed by atoms with Crippen LogP contribution in [0.3, 0.4) is 0 Å². The van der Waals surface area contributed by atoms with Gasteiger partial charge in [0.2, 0.25) is 0 Å². The first-order valence-electron chi connectivity index (χ1n) is 10.3. The Morgan fingerprint density at radius 3 is 2.43 bits per heavy atom. The second-order valence-corrected chi connectivity index (χ2v) is 8.57. The summed E-state index contributed by atoms with van der Waals surface area (Å²) in [6, 6.07) is 24.4. The van der Waals surface area contributed by atoms with Crippen LogP contribution in [0.4, 0.5) is 5.69 Å². The van der Waals surface area contributed by atoms with Crippen LogP contribution in [0.5, 0.6) is 0 Å². The first-order chi connectivity index (χ1) is 14.6. The Bertz CT molecular complexity index is 980. The summed E-state index contributed by atoms with van der Waals surface area (Å²) < 4.78 is 6.49. The van der Waals surface area contributed by atoms with Crippen LogP contribution in [0.25, 0.3) is 0 Å². The van der Waals surface area contributed by atoms with Gasteiger partial charge in [-0.15, -0.1) is 0 Å². The predicted molar refractivity (Wildman–Crippen MR) is 125 cm³/mol. The van der Waals surface area contributed by atoms with Gasteiger partial charge in [0, 0.05) is 18.8 Å². The van der Waals surface area contributed by atoms with E-state index < -0.39 is 0 Å². The molecule has 3 aromatic carbocycles. The van der Waals surface area contributed by atoms with Crippen molar-refractivity contribution < 1.29 is 4.74 Å². The normalized spacial score (nSPS) is 19.3. The molecule has 1 fully saturated rings. The molecule has 2 N–H and O–H groups in total. The number of hydrogen-bond donors (Lipinski definition) is 1. The molecule has 1 saturated heterocycles. The smallest absolute Gasteiger partial charge is 0.137 e. The van der Waals surface area contributed by atoms with Crippen molar-refractivity contribution in [1.82, 2.24) is 4.90 Å². The SMILES string of the molecule is Nc1ccccc1CCC1CN(CCc2ccc(Cl)c(Cl)c2)C(c2ccccc2)O1. The highest BCUT2D eigenvalue weighted by atomic mass is 35.5. The van der Waals surface area contributed by atoms with Gasteiger partial charge >= 0.3 is 0 Å². The van der Waals surface area contributed by atoms with Gasteiger partial charge in [0.25, 0.3) is 0 Å². The van der Waals surface area contributed by atoms with Crippen molar-refractivity contribution in [3.8, 4) is 0 Å². The Morgan fingerprint density at radius 2 is 1.67 bits per heavy atom. The van der Waals surface area contributed by atoms with E-state index >= 15 is 0 Å². The monoisotopic (exact) mass is 440 g/mol. The number of aryl methyl sites for hydroxylation is 1. The van der Waals surface area contributed by atoms with E-state index in [9.17, 15) is 0 Å². The minimum absolute atomic E-state index is 0.0351. The molecule has 1 aliphatic heterocycles. The third-order valence-electron chi connectivity index (χ3n) is 5.64. The number of para-hydroxylation sites is 1. The summed E-state index contributed by atoms with van der Waals surface area (Å²) in [5.74, 6) is 0. The van der Waals surface area contributed by atoms with E-state index in [0.717, 1.165) is 38.0 Å². The zero-order valence-electron chi connectivity index (χ0n) is 16.8. The minimum atomic E-state index is -0.0351. The molecular formula is C25H26Cl2N2O. The first-order valence-corrected chi connectivity index (χ1v) is 11.1. The Balaban J connectivity index is 1.44. The molecule has 0 aliphatic carbocycles. The molecule has 0 spiro atoms. The van der Waals surface area contributed by atoms with E-state index in [1.54, 1.807) is 0 Å². The highest BCUT2D eigenvalue weighted by molar-refractivity contribution is 6.42. The molecule has 0 bridgehead atoms. The van der Waals surface area contributed by atoms with Crippen LogP contribution in [0.2, 0.25) is 10.0 Å². The van der Waals surface area contributed by atoms with Gasteiger partial charge in [-0.2, -0.15) is 0 Å². The molecule has 0 aromatic heterocycles. The summed E-state index contributed by atoms with van der Waals surface area (Å²) in [6.07, 6.45) is 2.89. The van der Waals surface area contributed by atoms with Gasteiger partial charge in [-0.05, 0) is 54.2 Å². The van der Waals surface area contributed by atoms with Crippen LogP contribution in [0.15, 0.2) is 72.8 Å². The first kappa shape index (κ1) is 21.2. The summed E-state index contributed by atoms with van der Waals surface area (Å²) in [5.41, 5.74) is 10.5. The number of rotatable bonds is 7. The van der Waals surface area contributed by atoms with Crippen molar-refractivity contribution in [3.05, 3.63) is 99.5 Å². The number of halogens is 2. The van der Waals surface area contributed by atoms with Crippen LogP contribution >= 0.6 is 23.2 Å². The van der Waals surface area contributed by atoms with E-state index in [4.69, 9.17) is 33.7 Å². The topological polar surface area (TPSA) is 38.5 Å². The molecule has 1 aliphatic rings. The maximum absolute atomic E-state index is 6.49. The molecule has 3 nitrogen and oxygen atoms in total. The highest BCUT2D eigenvalue weighted by Crippen LogP contribution is 2.32. The lowest BCUT2D eigenvalue weighted by molar-refractivity contribution is -0.00349. The standard InChI is InChI=1S/C25H26Cl2N2O/c26-22-13-10-18(16-23(22)27)14-15-29-17-21(12-11-19-6-4-5-9-24(19)28)30-25(29)20-7-2-1-3-8-20/h1-10,13,16,21,25H,11-12,14-15,17,28H2.